The quantitative estimate of drug-likeness (QED) is 0.188. The maximum Gasteiger partial charge on any atom is 0.0159 e. The van der Waals surface area contributed by atoms with E-state index in [1.165, 1.54) is 93.2 Å². The van der Waals surface area contributed by atoms with Gasteiger partial charge >= 0.3 is 0 Å². The molecule has 1 aliphatic rings. The summed E-state index contributed by atoms with van der Waals surface area (Å²) in [5.41, 5.74) is 12.1. The molecule has 0 saturated heterocycles. The van der Waals surface area contributed by atoms with E-state index < -0.39 is 0 Å². The molecule has 0 atom stereocenters. The molecule has 0 nitrogen and oxygen atoms in total. The van der Waals surface area contributed by atoms with Crippen LogP contribution in [0.3, 0.4) is 0 Å². The van der Waals surface area contributed by atoms with Crippen molar-refractivity contribution in [1.82, 2.24) is 0 Å². The molecule has 0 aromatic heterocycles. The molecule has 9 rings (SSSR count). The van der Waals surface area contributed by atoms with E-state index in [-0.39, 0.29) is 5.41 Å². The summed E-state index contributed by atoms with van der Waals surface area (Å²) in [4.78, 5) is 0. The van der Waals surface area contributed by atoms with Crippen LogP contribution < -0.4 is 0 Å². The van der Waals surface area contributed by atoms with Gasteiger partial charge in [-0.1, -0.05) is 137 Å². The van der Waals surface area contributed by atoms with Gasteiger partial charge < -0.3 is 0 Å². The van der Waals surface area contributed by atoms with Crippen molar-refractivity contribution < 1.29 is 0 Å². The second-order valence-electron chi connectivity index (χ2n) is 13.6. The highest BCUT2D eigenvalue weighted by molar-refractivity contribution is 6.25. The van der Waals surface area contributed by atoms with Crippen molar-refractivity contribution in [2.75, 3.05) is 0 Å². The van der Waals surface area contributed by atoms with Crippen molar-refractivity contribution in [2.45, 2.75) is 39.0 Å². The van der Waals surface area contributed by atoms with Gasteiger partial charge in [0.05, 0.1) is 0 Å². The van der Waals surface area contributed by atoms with E-state index in [9.17, 15) is 0 Å². The predicted octanol–water partition coefficient (Wildman–Crippen LogP) is 12.5. The van der Waals surface area contributed by atoms with E-state index >= 15 is 0 Å². The molecular formula is C44H34. The monoisotopic (exact) mass is 562 g/mol. The standard InChI is InChI=1S/C44H34/c1-26(2)35-23-33-14-9-27-15-18-36(39-20-17-34(24-35)42(33)43(27)39)32-13-12-28-21-29(10-11-30(28)22-32)31-16-19-38-37-7-5-6-8-40(37)44(3,4)41(38)25-31/h5-26H,1-4H3. The molecule has 0 aliphatic heterocycles. The maximum atomic E-state index is 2.42. The van der Waals surface area contributed by atoms with Crippen molar-refractivity contribution in [1.29, 1.82) is 0 Å². The molecule has 0 heterocycles. The van der Waals surface area contributed by atoms with E-state index in [1.807, 2.05) is 0 Å². The number of benzene rings is 8. The van der Waals surface area contributed by atoms with Gasteiger partial charge in [-0.3, -0.25) is 0 Å². The van der Waals surface area contributed by atoms with E-state index in [2.05, 4.69) is 155 Å². The number of fused-ring (bicyclic) bond motifs is 4. The van der Waals surface area contributed by atoms with Gasteiger partial charge in [-0.2, -0.15) is 0 Å². The van der Waals surface area contributed by atoms with E-state index in [0.717, 1.165) is 0 Å². The molecule has 1 aliphatic carbocycles. The number of hydrogen-bond acceptors (Lipinski definition) is 0. The summed E-state index contributed by atoms with van der Waals surface area (Å²) in [7, 11) is 0. The third-order valence-electron chi connectivity index (χ3n) is 10.4. The van der Waals surface area contributed by atoms with Gasteiger partial charge in [-0.15, -0.1) is 0 Å². The van der Waals surface area contributed by atoms with Crippen LogP contribution in [0.2, 0.25) is 0 Å². The van der Waals surface area contributed by atoms with Gasteiger partial charge in [0.2, 0.25) is 0 Å². The second kappa shape index (κ2) is 9.04. The number of rotatable bonds is 3. The fraction of sp³-hybridized carbons (Fsp3) is 0.136. The van der Waals surface area contributed by atoms with Crippen LogP contribution >= 0.6 is 0 Å². The predicted molar refractivity (Wildman–Crippen MR) is 190 cm³/mol. The first-order valence-electron chi connectivity index (χ1n) is 15.9. The number of hydrogen-bond donors (Lipinski definition) is 0. The van der Waals surface area contributed by atoms with Crippen molar-refractivity contribution >= 4 is 43.1 Å². The van der Waals surface area contributed by atoms with Crippen LogP contribution in [-0.4, -0.2) is 0 Å². The molecule has 0 heteroatoms. The molecule has 0 saturated carbocycles. The largest absolute Gasteiger partial charge is 0.0619 e. The van der Waals surface area contributed by atoms with Crippen molar-refractivity contribution in [3.8, 4) is 33.4 Å². The van der Waals surface area contributed by atoms with Crippen LogP contribution in [0.1, 0.15) is 50.3 Å². The zero-order valence-electron chi connectivity index (χ0n) is 25.7. The van der Waals surface area contributed by atoms with Gasteiger partial charge in [0.15, 0.2) is 0 Å². The lowest BCUT2D eigenvalue weighted by Gasteiger charge is -2.22. The zero-order chi connectivity index (χ0) is 29.7. The molecule has 0 N–H and O–H groups in total. The molecule has 8 aromatic rings. The first kappa shape index (κ1) is 25.5. The highest BCUT2D eigenvalue weighted by atomic mass is 14.4. The smallest absolute Gasteiger partial charge is 0.0159 e. The SMILES string of the molecule is CC(C)c1cc2ccc3ccc(-c4ccc5cc(-c6ccc7c(c6)C(C)(C)c6ccccc6-7)ccc5c4)c4ccc(c1)c2c34. The highest BCUT2D eigenvalue weighted by Gasteiger charge is 2.35. The molecule has 44 heavy (non-hydrogen) atoms. The maximum absolute atomic E-state index is 2.42. The Morgan fingerprint density at radius 3 is 1.80 bits per heavy atom. The van der Waals surface area contributed by atoms with Crippen molar-refractivity contribution in [3.05, 3.63) is 144 Å². The minimum absolute atomic E-state index is 0.00504. The Morgan fingerprint density at radius 2 is 1.00 bits per heavy atom. The van der Waals surface area contributed by atoms with Crippen LogP contribution in [0.15, 0.2) is 127 Å². The Kier molecular flexibility index (Phi) is 5.25. The lowest BCUT2D eigenvalue weighted by atomic mass is 9.81. The Hall–Kier alpha value is -4.94. The average Bonchev–Trinajstić information content (AvgIpc) is 3.28. The molecule has 210 valence electrons. The average molecular weight is 563 g/mol. The first-order valence-corrected chi connectivity index (χ1v) is 15.9. The summed E-state index contributed by atoms with van der Waals surface area (Å²) >= 11 is 0. The van der Waals surface area contributed by atoms with Gasteiger partial charge in [-0.05, 0) is 117 Å². The second-order valence-corrected chi connectivity index (χ2v) is 13.6. The Labute approximate surface area is 258 Å². The summed E-state index contributed by atoms with van der Waals surface area (Å²) in [6, 6.07) is 48.4. The van der Waals surface area contributed by atoms with Crippen molar-refractivity contribution in [2.24, 2.45) is 0 Å². The summed E-state index contributed by atoms with van der Waals surface area (Å²) < 4.78 is 0. The fourth-order valence-corrected chi connectivity index (χ4v) is 7.91. The Bertz CT molecular complexity index is 2420. The summed E-state index contributed by atoms with van der Waals surface area (Å²) in [5, 5.41) is 10.6. The molecule has 0 fully saturated rings. The van der Waals surface area contributed by atoms with Crippen LogP contribution in [0.4, 0.5) is 0 Å². The topological polar surface area (TPSA) is 0 Å². The Morgan fingerprint density at radius 1 is 0.432 bits per heavy atom. The van der Waals surface area contributed by atoms with Crippen LogP contribution in [0.5, 0.6) is 0 Å². The third-order valence-corrected chi connectivity index (χ3v) is 10.4. The third kappa shape index (κ3) is 3.58. The normalized spacial score (nSPS) is 13.8. The minimum Gasteiger partial charge on any atom is -0.0619 e. The first-order chi connectivity index (χ1) is 21.4. The molecule has 0 unspecified atom stereocenters. The summed E-state index contributed by atoms with van der Waals surface area (Å²) in [6.45, 7) is 9.26. The van der Waals surface area contributed by atoms with E-state index in [1.54, 1.807) is 0 Å². The van der Waals surface area contributed by atoms with Gasteiger partial charge in [0, 0.05) is 5.41 Å². The van der Waals surface area contributed by atoms with Gasteiger partial charge in [0.1, 0.15) is 0 Å². The molecular weight excluding hydrogens is 528 g/mol. The fourth-order valence-electron chi connectivity index (χ4n) is 7.91. The zero-order valence-corrected chi connectivity index (χ0v) is 25.7. The van der Waals surface area contributed by atoms with E-state index in [0.29, 0.717) is 5.92 Å². The van der Waals surface area contributed by atoms with Crippen molar-refractivity contribution in [3.63, 3.8) is 0 Å². The van der Waals surface area contributed by atoms with E-state index in [4.69, 9.17) is 0 Å². The lowest BCUT2D eigenvalue weighted by molar-refractivity contribution is 0.660. The van der Waals surface area contributed by atoms with Gasteiger partial charge in [-0.25, -0.2) is 0 Å². The molecule has 0 amide bonds. The summed E-state index contributed by atoms with van der Waals surface area (Å²) in [6.07, 6.45) is 0. The lowest BCUT2D eigenvalue weighted by Crippen LogP contribution is -2.14. The molecule has 0 bridgehead atoms. The highest BCUT2D eigenvalue weighted by Crippen LogP contribution is 2.49. The van der Waals surface area contributed by atoms with Crippen LogP contribution in [-0.2, 0) is 5.41 Å². The Balaban J connectivity index is 1.14. The van der Waals surface area contributed by atoms with Gasteiger partial charge in [0.25, 0.3) is 0 Å². The molecule has 8 aromatic carbocycles. The summed E-state index contributed by atoms with van der Waals surface area (Å²) in [5.74, 6) is 0.511. The minimum atomic E-state index is 0.00504. The van der Waals surface area contributed by atoms with Crippen LogP contribution in [0.25, 0.3) is 76.5 Å². The molecule has 0 radical (unpaired) electrons. The molecule has 0 spiro atoms. The van der Waals surface area contributed by atoms with Crippen LogP contribution in [0, 0.1) is 0 Å².